The first-order valence-electron chi connectivity index (χ1n) is 7.30. The van der Waals surface area contributed by atoms with Crippen LogP contribution in [0.2, 0.25) is 0 Å². The van der Waals surface area contributed by atoms with Gasteiger partial charge in [-0.2, -0.15) is 8.78 Å². The van der Waals surface area contributed by atoms with Crippen LogP contribution >= 0.6 is 23.3 Å². The molecule has 0 amide bonds. The summed E-state index contributed by atoms with van der Waals surface area (Å²) in [7, 11) is 0. The van der Waals surface area contributed by atoms with Gasteiger partial charge in [-0.3, -0.25) is 10.4 Å². The van der Waals surface area contributed by atoms with Gasteiger partial charge < -0.3 is 9.04 Å². The van der Waals surface area contributed by atoms with Crippen LogP contribution < -0.4 is 9.73 Å². The quantitative estimate of drug-likeness (QED) is 0.731. The largest absolute Gasteiger partial charge is 0.443 e. The molecule has 1 atom stereocenters. The lowest BCUT2D eigenvalue weighted by atomic mass is 10.4. The van der Waals surface area contributed by atoms with E-state index in [0.717, 1.165) is 16.8 Å². The summed E-state index contributed by atoms with van der Waals surface area (Å²) in [6.45, 7) is 2.46. The van der Waals surface area contributed by atoms with Crippen molar-refractivity contribution in [2.24, 2.45) is 5.10 Å². The molecule has 0 fully saturated rings. The molecule has 2 aromatic rings. The van der Waals surface area contributed by atoms with Gasteiger partial charge in [0.2, 0.25) is 6.23 Å². The number of halogens is 3. The third-order valence-electron chi connectivity index (χ3n) is 3.08. The van der Waals surface area contributed by atoms with Gasteiger partial charge in [0.15, 0.2) is 5.01 Å². The maximum atomic E-state index is 13.4. The van der Waals surface area contributed by atoms with Crippen LogP contribution in [0.25, 0.3) is 0 Å². The van der Waals surface area contributed by atoms with Crippen LogP contribution in [0.15, 0.2) is 29.8 Å². The number of thiazole rings is 1. The van der Waals surface area contributed by atoms with E-state index in [1.807, 2.05) is 11.2 Å². The van der Waals surface area contributed by atoms with Gasteiger partial charge in [0, 0.05) is 22.9 Å². The van der Waals surface area contributed by atoms with Crippen LogP contribution in [0.3, 0.4) is 0 Å². The summed E-state index contributed by atoms with van der Waals surface area (Å²) in [5.74, 6) is -0.263. The Labute approximate surface area is 150 Å². The Bertz CT molecular complexity index is 758. The van der Waals surface area contributed by atoms with E-state index in [0.29, 0.717) is 17.2 Å². The van der Waals surface area contributed by atoms with Crippen LogP contribution in [0.5, 0.6) is 0 Å². The highest BCUT2D eigenvalue weighted by Crippen LogP contribution is 2.30. The minimum Gasteiger partial charge on any atom is -0.443 e. The van der Waals surface area contributed by atoms with E-state index in [1.54, 1.807) is 12.4 Å². The molecule has 2 aromatic heterocycles. The standard InChI is InChI=1S/C14H14F3N5OS2/c1-2-24-22(9-3-8(15)4-18-5-9)7-10-6-19-14(25-10)13-21-20-12(23-13)11(16)17/h3-6,11,13,21H,2,7H2,1H3. The Morgan fingerprint density at radius 3 is 2.92 bits per heavy atom. The zero-order chi connectivity index (χ0) is 17.8. The molecule has 11 heteroatoms. The molecule has 3 rings (SSSR count). The number of hydrazone groups is 1. The Morgan fingerprint density at radius 1 is 1.40 bits per heavy atom. The summed E-state index contributed by atoms with van der Waals surface area (Å²) >= 11 is 2.83. The van der Waals surface area contributed by atoms with Crippen LogP contribution in [0.1, 0.15) is 23.0 Å². The van der Waals surface area contributed by atoms with Crippen molar-refractivity contribution in [3.8, 4) is 0 Å². The first-order chi connectivity index (χ1) is 12.1. The van der Waals surface area contributed by atoms with Crippen molar-refractivity contribution >= 4 is 34.9 Å². The Balaban J connectivity index is 1.69. The van der Waals surface area contributed by atoms with Gasteiger partial charge in [-0.05, 0) is 11.9 Å². The van der Waals surface area contributed by atoms with Crippen molar-refractivity contribution in [1.29, 1.82) is 0 Å². The number of nitrogens with one attached hydrogen (secondary N) is 1. The highest BCUT2D eigenvalue weighted by Gasteiger charge is 2.29. The highest BCUT2D eigenvalue weighted by atomic mass is 32.2. The summed E-state index contributed by atoms with van der Waals surface area (Å²) in [5, 5.41) is 3.94. The number of nitrogens with zero attached hydrogens (tertiary/aromatic N) is 4. The fourth-order valence-electron chi connectivity index (χ4n) is 2.06. The predicted molar refractivity (Wildman–Crippen MR) is 91.0 cm³/mol. The number of alkyl halides is 2. The van der Waals surface area contributed by atoms with Gasteiger partial charge in [0.05, 0.1) is 24.6 Å². The summed E-state index contributed by atoms with van der Waals surface area (Å²) < 4.78 is 45.4. The second-order valence-corrected chi connectivity index (χ2v) is 7.28. The van der Waals surface area contributed by atoms with Crippen LogP contribution in [-0.2, 0) is 11.3 Å². The normalized spacial score (nSPS) is 16.5. The molecule has 0 aliphatic carbocycles. The van der Waals surface area contributed by atoms with Crippen LogP contribution in [-0.4, -0.2) is 28.0 Å². The molecular weight excluding hydrogens is 375 g/mol. The molecule has 1 aliphatic heterocycles. The lowest BCUT2D eigenvalue weighted by Gasteiger charge is -2.21. The summed E-state index contributed by atoms with van der Waals surface area (Å²) in [5.41, 5.74) is 3.13. The minimum absolute atomic E-state index is 0.413. The van der Waals surface area contributed by atoms with Crippen molar-refractivity contribution < 1.29 is 17.9 Å². The summed E-state index contributed by atoms with van der Waals surface area (Å²) in [6, 6.07) is 1.40. The van der Waals surface area contributed by atoms with Crippen molar-refractivity contribution in [2.45, 2.75) is 26.1 Å². The van der Waals surface area contributed by atoms with Gasteiger partial charge >= 0.3 is 6.43 Å². The molecule has 0 saturated heterocycles. The number of hydrogen-bond donors (Lipinski definition) is 1. The predicted octanol–water partition coefficient (Wildman–Crippen LogP) is 3.55. The van der Waals surface area contributed by atoms with Crippen molar-refractivity contribution in [3.63, 3.8) is 0 Å². The van der Waals surface area contributed by atoms with Crippen LogP contribution in [0.4, 0.5) is 18.9 Å². The maximum Gasteiger partial charge on any atom is 0.314 e. The van der Waals surface area contributed by atoms with E-state index >= 15 is 0 Å². The van der Waals surface area contributed by atoms with Crippen molar-refractivity contribution in [2.75, 3.05) is 10.1 Å². The Kier molecular flexibility index (Phi) is 5.63. The molecule has 0 bridgehead atoms. The molecule has 0 radical (unpaired) electrons. The number of anilines is 1. The summed E-state index contributed by atoms with van der Waals surface area (Å²) in [4.78, 5) is 8.94. The zero-order valence-electron chi connectivity index (χ0n) is 13.0. The monoisotopic (exact) mass is 389 g/mol. The highest BCUT2D eigenvalue weighted by molar-refractivity contribution is 8.00. The number of aromatic nitrogens is 2. The van der Waals surface area contributed by atoms with Crippen molar-refractivity contribution in [3.05, 3.63) is 40.4 Å². The fraction of sp³-hybridized carbons (Fsp3) is 0.357. The topological polar surface area (TPSA) is 62.6 Å². The molecule has 1 unspecified atom stereocenters. The molecule has 134 valence electrons. The molecular formula is C14H14F3N5OS2. The number of pyridine rings is 1. The van der Waals surface area contributed by atoms with Crippen LogP contribution in [0, 0.1) is 5.82 Å². The minimum atomic E-state index is -2.77. The smallest absolute Gasteiger partial charge is 0.314 e. The van der Waals surface area contributed by atoms with E-state index in [1.165, 1.54) is 29.4 Å². The van der Waals surface area contributed by atoms with Gasteiger partial charge in [-0.25, -0.2) is 9.37 Å². The van der Waals surface area contributed by atoms with E-state index in [-0.39, 0.29) is 0 Å². The molecule has 6 nitrogen and oxygen atoms in total. The second kappa shape index (κ2) is 7.91. The van der Waals surface area contributed by atoms with Crippen molar-refractivity contribution in [1.82, 2.24) is 15.4 Å². The number of rotatable bonds is 7. The lowest BCUT2D eigenvalue weighted by Crippen LogP contribution is -2.14. The van der Waals surface area contributed by atoms with E-state index < -0.39 is 24.4 Å². The van der Waals surface area contributed by atoms with E-state index in [4.69, 9.17) is 4.74 Å². The number of ether oxygens (including phenoxy) is 1. The maximum absolute atomic E-state index is 13.4. The molecule has 3 heterocycles. The number of hydrogen-bond acceptors (Lipinski definition) is 8. The second-order valence-electron chi connectivity index (χ2n) is 4.86. The van der Waals surface area contributed by atoms with Gasteiger partial charge in [0.25, 0.3) is 5.90 Å². The molecule has 1 N–H and O–H groups in total. The summed E-state index contributed by atoms with van der Waals surface area (Å²) in [6.07, 6.45) is 0.784. The Morgan fingerprint density at radius 2 is 2.24 bits per heavy atom. The molecule has 0 spiro atoms. The third-order valence-corrected chi connectivity index (χ3v) is 5.01. The lowest BCUT2D eigenvalue weighted by molar-refractivity contribution is 0.134. The SMILES string of the molecule is CCSN(Cc1cnc(C2NN=C(C(F)F)O2)s1)c1cncc(F)c1. The molecule has 0 aromatic carbocycles. The Hall–Kier alpha value is -2.01. The van der Waals surface area contributed by atoms with E-state index in [9.17, 15) is 13.2 Å². The van der Waals surface area contributed by atoms with Gasteiger partial charge in [-0.1, -0.05) is 6.92 Å². The average Bonchev–Trinajstić information content (AvgIpc) is 3.23. The average molecular weight is 389 g/mol. The molecule has 0 saturated carbocycles. The first kappa shape index (κ1) is 17.8. The van der Waals surface area contributed by atoms with E-state index in [2.05, 4.69) is 20.5 Å². The first-order valence-corrected chi connectivity index (χ1v) is 9.06. The third kappa shape index (κ3) is 4.34. The van der Waals surface area contributed by atoms with Gasteiger partial charge in [0.1, 0.15) is 5.82 Å². The zero-order valence-corrected chi connectivity index (χ0v) is 14.7. The van der Waals surface area contributed by atoms with Gasteiger partial charge in [-0.15, -0.1) is 16.4 Å². The fourth-order valence-corrected chi connectivity index (χ4v) is 3.82. The molecule has 1 aliphatic rings. The molecule has 25 heavy (non-hydrogen) atoms.